The van der Waals surface area contributed by atoms with Crippen LogP contribution in [-0.2, 0) is 17.5 Å². The van der Waals surface area contributed by atoms with Crippen molar-refractivity contribution in [3.8, 4) is 11.4 Å². The minimum Gasteiger partial charge on any atom is -0.350 e. The van der Waals surface area contributed by atoms with Crippen molar-refractivity contribution in [1.29, 1.82) is 0 Å². The molecule has 3 aromatic rings. The van der Waals surface area contributed by atoms with Gasteiger partial charge in [0.1, 0.15) is 0 Å². The Bertz CT molecular complexity index is 1090. The topological polar surface area (TPSA) is 62.7 Å². The van der Waals surface area contributed by atoms with Gasteiger partial charge in [0.2, 0.25) is 5.91 Å². The predicted octanol–water partition coefficient (Wildman–Crippen LogP) is 5.20. The minimum absolute atomic E-state index is 0.107. The molecule has 30 heavy (non-hydrogen) atoms. The zero-order valence-corrected chi connectivity index (χ0v) is 17.3. The zero-order valence-electron chi connectivity index (χ0n) is 16.5. The van der Waals surface area contributed by atoms with Crippen molar-refractivity contribution in [2.24, 2.45) is 0 Å². The van der Waals surface area contributed by atoms with Gasteiger partial charge in [0, 0.05) is 18.5 Å². The van der Waals surface area contributed by atoms with Crippen LogP contribution in [0.15, 0.2) is 48.5 Å². The molecular weight excluding hydrogens is 413 g/mol. The van der Waals surface area contributed by atoms with Crippen molar-refractivity contribution in [2.45, 2.75) is 39.0 Å². The number of halogens is 3. The third-order valence-electron chi connectivity index (χ3n) is 4.72. The minimum atomic E-state index is -4.43. The number of rotatable bonds is 6. The Morgan fingerprint density at radius 3 is 2.60 bits per heavy atom. The summed E-state index contributed by atoms with van der Waals surface area (Å²) >= 11 is 5.27. The lowest BCUT2D eigenvalue weighted by molar-refractivity contribution is -0.137. The summed E-state index contributed by atoms with van der Waals surface area (Å²) in [7, 11) is 0. The van der Waals surface area contributed by atoms with Crippen LogP contribution in [0.2, 0.25) is 0 Å². The van der Waals surface area contributed by atoms with Crippen molar-refractivity contribution >= 4 is 18.1 Å². The van der Waals surface area contributed by atoms with E-state index in [0.717, 1.165) is 23.3 Å². The summed E-state index contributed by atoms with van der Waals surface area (Å²) in [5.41, 5.74) is 1.63. The fourth-order valence-corrected chi connectivity index (χ4v) is 3.27. The Labute approximate surface area is 176 Å². The standard InChI is InChI=1S/C21H21F3N4OS/c1-13-6-8-15(9-7-13)19-26-27-20(30)28(19)11-10-18(29)25-14(2)16-4-3-5-17(12-16)21(22,23)24/h3-9,12,14H,10-11H2,1-2H3,(H,25,29)(H,27,30). The summed E-state index contributed by atoms with van der Waals surface area (Å²) in [6, 6.07) is 12.1. The highest BCUT2D eigenvalue weighted by molar-refractivity contribution is 7.71. The molecular formula is C21H21F3N4OS. The average molecular weight is 434 g/mol. The van der Waals surface area contributed by atoms with Gasteiger partial charge < -0.3 is 5.32 Å². The first-order valence-corrected chi connectivity index (χ1v) is 9.75. The number of aromatic nitrogens is 3. The van der Waals surface area contributed by atoms with Gasteiger partial charge in [-0.05, 0) is 43.8 Å². The number of amides is 1. The number of carbonyl (C=O) groups is 1. The van der Waals surface area contributed by atoms with Crippen LogP contribution in [0.1, 0.15) is 36.1 Å². The van der Waals surface area contributed by atoms with E-state index in [1.54, 1.807) is 17.6 Å². The van der Waals surface area contributed by atoms with E-state index in [1.165, 1.54) is 6.07 Å². The van der Waals surface area contributed by atoms with Crippen molar-refractivity contribution in [3.63, 3.8) is 0 Å². The van der Waals surface area contributed by atoms with Gasteiger partial charge >= 0.3 is 6.18 Å². The molecule has 0 fully saturated rings. The van der Waals surface area contributed by atoms with Gasteiger partial charge in [0.05, 0.1) is 11.6 Å². The van der Waals surface area contributed by atoms with Gasteiger partial charge in [-0.3, -0.25) is 14.5 Å². The molecule has 0 saturated carbocycles. The Hall–Kier alpha value is -2.94. The molecule has 5 nitrogen and oxygen atoms in total. The first-order chi connectivity index (χ1) is 14.1. The molecule has 9 heteroatoms. The van der Waals surface area contributed by atoms with Gasteiger partial charge in [-0.25, -0.2) is 0 Å². The molecule has 1 aromatic heterocycles. The number of alkyl halides is 3. The second kappa shape index (κ2) is 8.83. The van der Waals surface area contributed by atoms with Crippen molar-refractivity contribution < 1.29 is 18.0 Å². The van der Waals surface area contributed by atoms with E-state index in [4.69, 9.17) is 12.2 Å². The SMILES string of the molecule is Cc1ccc(-c2n[nH]c(=S)n2CCC(=O)NC(C)c2cccc(C(F)(F)F)c2)cc1. The number of nitrogens with one attached hydrogen (secondary N) is 2. The Morgan fingerprint density at radius 2 is 1.93 bits per heavy atom. The number of nitrogens with zero attached hydrogens (tertiary/aromatic N) is 2. The van der Waals surface area contributed by atoms with E-state index in [1.807, 2.05) is 31.2 Å². The molecule has 2 aromatic carbocycles. The van der Waals surface area contributed by atoms with E-state index in [-0.39, 0.29) is 12.3 Å². The largest absolute Gasteiger partial charge is 0.416 e. The number of H-pyrrole nitrogens is 1. The van der Waals surface area contributed by atoms with Crippen molar-refractivity contribution in [1.82, 2.24) is 20.1 Å². The number of carbonyl (C=O) groups excluding carboxylic acids is 1. The van der Waals surface area contributed by atoms with E-state index < -0.39 is 17.8 Å². The second-order valence-electron chi connectivity index (χ2n) is 7.03. The normalized spacial score (nSPS) is 12.6. The summed E-state index contributed by atoms with van der Waals surface area (Å²) in [4.78, 5) is 12.4. The monoisotopic (exact) mass is 434 g/mol. The lowest BCUT2D eigenvalue weighted by Crippen LogP contribution is -2.27. The molecule has 1 unspecified atom stereocenters. The molecule has 0 spiro atoms. The van der Waals surface area contributed by atoms with E-state index >= 15 is 0 Å². The van der Waals surface area contributed by atoms with E-state index in [2.05, 4.69) is 15.5 Å². The maximum absolute atomic E-state index is 12.9. The van der Waals surface area contributed by atoms with E-state index in [9.17, 15) is 18.0 Å². The fourth-order valence-electron chi connectivity index (χ4n) is 3.04. The number of aromatic amines is 1. The van der Waals surface area contributed by atoms with Gasteiger partial charge in [-0.1, -0.05) is 42.0 Å². The van der Waals surface area contributed by atoms with E-state index in [0.29, 0.717) is 22.7 Å². The molecule has 158 valence electrons. The van der Waals surface area contributed by atoms with Crippen LogP contribution in [0.3, 0.4) is 0 Å². The lowest BCUT2D eigenvalue weighted by Gasteiger charge is -2.16. The number of benzene rings is 2. The zero-order chi connectivity index (χ0) is 21.9. The van der Waals surface area contributed by atoms with Crippen LogP contribution in [0.4, 0.5) is 13.2 Å². The van der Waals surface area contributed by atoms with Crippen LogP contribution in [0, 0.1) is 11.7 Å². The molecule has 0 bridgehead atoms. The van der Waals surface area contributed by atoms with Crippen LogP contribution in [0.5, 0.6) is 0 Å². The summed E-state index contributed by atoms with van der Waals surface area (Å²) in [5, 5.41) is 9.72. The highest BCUT2D eigenvalue weighted by atomic mass is 32.1. The third kappa shape index (κ3) is 5.15. The molecule has 0 aliphatic heterocycles. The molecule has 0 saturated heterocycles. The van der Waals surface area contributed by atoms with Gasteiger partial charge in [-0.2, -0.15) is 18.3 Å². The quantitative estimate of drug-likeness (QED) is 0.524. The maximum Gasteiger partial charge on any atom is 0.416 e. The molecule has 2 N–H and O–H groups in total. The number of hydrogen-bond donors (Lipinski definition) is 2. The molecule has 0 aliphatic rings. The number of aryl methyl sites for hydroxylation is 1. The summed E-state index contributed by atoms with van der Waals surface area (Å²) in [5.74, 6) is 0.330. The van der Waals surface area contributed by atoms with Gasteiger partial charge in [-0.15, -0.1) is 0 Å². The highest BCUT2D eigenvalue weighted by Gasteiger charge is 2.30. The van der Waals surface area contributed by atoms with Gasteiger partial charge in [0.15, 0.2) is 10.6 Å². The van der Waals surface area contributed by atoms with Crippen molar-refractivity contribution in [2.75, 3.05) is 0 Å². The van der Waals surface area contributed by atoms with Crippen LogP contribution >= 0.6 is 12.2 Å². The predicted molar refractivity (Wildman–Crippen MR) is 110 cm³/mol. The molecule has 0 radical (unpaired) electrons. The maximum atomic E-state index is 12.9. The Kier molecular flexibility index (Phi) is 6.40. The van der Waals surface area contributed by atoms with Gasteiger partial charge in [0.25, 0.3) is 0 Å². The second-order valence-corrected chi connectivity index (χ2v) is 7.42. The lowest BCUT2D eigenvalue weighted by atomic mass is 10.0. The first kappa shape index (κ1) is 21.8. The highest BCUT2D eigenvalue weighted by Crippen LogP contribution is 2.30. The van der Waals surface area contributed by atoms with Crippen molar-refractivity contribution in [3.05, 3.63) is 70.0 Å². The van der Waals surface area contributed by atoms with Crippen LogP contribution in [0.25, 0.3) is 11.4 Å². The Balaban J connectivity index is 1.66. The average Bonchev–Trinajstić information content (AvgIpc) is 3.07. The molecule has 1 atom stereocenters. The molecule has 0 aliphatic carbocycles. The fraction of sp³-hybridized carbons (Fsp3) is 0.286. The first-order valence-electron chi connectivity index (χ1n) is 9.34. The third-order valence-corrected chi connectivity index (χ3v) is 5.03. The van der Waals surface area contributed by atoms with Crippen LogP contribution in [-0.4, -0.2) is 20.7 Å². The molecule has 1 heterocycles. The molecule has 1 amide bonds. The summed E-state index contributed by atoms with van der Waals surface area (Å²) in [6.45, 7) is 3.92. The summed E-state index contributed by atoms with van der Waals surface area (Å²) in [6.07, 6.45) is -4.32. The smallest absolute Gasteiger partial charge is 0.350 e. The molecule has 3 rings (SSSR count). The number of hydrogen-bond acceptors (Lipinski definition) is 3. The van der Waals surface area contributed by atoms with Crippen LogP contribution < -0.4 is 5.32 Å². The Morgan fingerprint density at radius 1 is 1.23 bits per heavy atom. The summed E-state index contributed by atoms with van der Waals surface area (Å²) < 4.78 is 40.8.